The molecule has 86 valence electrons. The van der Waals surface area contributed by atoms with Crippen LogP contribution in [-0.4, -0.2) is 19.8 Å². The molecule has 0 amide bonds. The molecule has 1 aromatic heterocycles. The molecule has 1 atom stereocenters. The van der Waals surface area contributed by atoms with Crippen LogP contribution in [0.3, 0.4) is 0 Å². The lowest BCUT2D eigenvalue weighted by atomic mass is 10.1. The third-order valence-corrected chi connectivity index (χ3v) is 3.29. The van der Waals surface area contributed by atoms with E-state index in [0.29, 0.717) is 6.04 Å². The van der Waals surface area contributed by atoms with Gasteiger partial charge in [-0.1, -0.05) is 19.4 Å². The normalized spacial score (nSPS) is 12.9. The summed E-state index contributed by atoms with van der Waals surface area (Å²) in [7, 11) is 0. The van der Waals surface area contributed by atoms with Crippen LogP contribution in [0.4, 0.5) is 0 Å². The van der Waals surface area contributed by atoms with Crippen molar-refractivity contribution >= 4 is 11.3 Å². The van der Waals surface area contributed by atoms with Crippen LogP contribution in [0, 0.1) is 0 Å². The summed E-state index contributed by atoms with van der Waals surface area (Å²) >= 11 is 1.83. The highest BCUT2D eigenvalue weighted by atomic mass is 32.1. The van der Waals surface area contributed by atoms with Crippen LogP contribution in [0.15, 0.2) is 17.5 Å². The Morgan fingerprint density at radius 2 is 2.33 bits per heavy atom. The number of hydrogen-bond donors (Lipinski definition) is 1. The lowest BCUT2D eigenvalue weighted by Crippen LogP contribution is -2.24. The molecule has 1 N–H and O–H groups in total. The number of nitrogens with one attached hydrogen (secondary N) is 1. The smallest absolute Gasteiger partial charge is 0.0590 e. The molecule has 0 spiro atoms. The molecule has 0 fully saturated rings. The van der Waals surface area contributed by atoms with Crippen LogP contribution in [0.1, 0.15) is 37.6 Å². The standard InChI is InChI=1S/C12H21NOS/c1-3-6-11(12-7-5-10-15-12)13-8-9-14-4-2/h5,7,10-11,13H,3-4,6,8-9H2,1-2H3. The molecular weight excluding hydrogens is 206 g/mol. The van der Waals surface area contributed by atoms with E-state index in [4.69, 9.17) is 4.74 Å². The van der Waals surface area contributed by atoms with Crippen molar-refractivity contribution in [3.05, 3.63) is 22.4 Å². The van der Waals surface area contributed by atoms with E-state index in [-0.39, 0.29) is 0 Å². The Morgan fingerprint density at radius 1 is 1.47 bits per heavy atom. The van der Waals surface area contributed by atoms with Gasteiger partial charge < -0.3 is 10.1 Å². The van der Waals surface area contributed by atoms with Crippen molar-refractivity contribution in [2.24, 2.45) is 0 Å². The summed E-state index contributed by atoms with van der Waals surface area (Å²) in [6.07, 6.45) is 2.41. The van der Waals surface area contributed by atoms with Crippen LogP contribution in [-0.2, 0) is 4.74 Å². The predicted octanol–water partition coefficient (Wildman–Crippen LogP) is 3.22. The molecule has 0 bridgehead atoms. The monoisotopic (exact) mass is 227 g/mol. The van der Waals surface area contributed by atoms with Gasteiger partial charge >= 0.3 is 0 Å². The Hall–Kier alpha value is -0.380. The maximum absolute atomic E-state index is 5.32. The van der Waals surface area contributed by atoms with Gasteiger partial charge in [0.15, 0.2) is 0 Å². The van der Waals surface area contributed by atoms with Crippen molar-refractivity contribution in [2.45, 2.75) is 32.7 Å². The van der Waals surface area contributed by atoms with Gasteiger partial charge in [-0.2, -0.15) is 0 Å². The Bertz CT molecular complexity index is 236. The Labute approximate surface area is 96.7 Å². The fourth-order valence-electron chi connectivity index (χ4n) is 1.57. The zero-order valence-corrected chi connectivity index (χ0v) is 10.5. The molecule has 0 saturated carbocycles. The highest BCUT2D eigenvalue weighted by molar-refractivity contribution is 7.10. The molecular formula is C12H21NOS. The molecule has 0 saturated heterocycles. The van der Waals surface area contributed by atoms with Gasteiger partial charge in [0.1, 0.15) is 0 Å². The van der Waals surface area contributed by atoms with Crippen molar-refractivity contribution in [1.29, 1.82) is 0 Å². The summed E-state index contributed by atoms with van der Waals surface area (Å²) in [5.74, 6) is 0. The zero-order valence-electron chi connectivity index (χ0n) is 9.66. The first kappa shape index (κ1) is 12.7. The van der Waals surface area contributed by atoms with Crippen LogP contribution < -0.4 is 5.32 Å². The van der Waals surface area contributed by atoms with E-state index in [9.17, 15) is 0 Å². The van der Waals surface area contributed by atoms with E-state index < -0.39 is 0 Å². The van der Waals surface area contributed by atoms with Crippen LogP contribution in [0.25, 0.3) is 0 Å². The number of rotatable bonds is 8. The Kier molecular flexibility index (Phi) is 6.64. The summed E-state index contributed by atoms with van der Waals surface area (Å²) < 4.78 is 5.32. The minimum atomic E-state index is 0.510. The third kappa shape index (κ3) is 4.78. The number of ether oxygens (including phenoxy) is 1. The SMILES string of the molecule is CCCC(NCCOCC)c1cccs1. The minimum absolute atomic E-state index is 0.510. The Morgan fingerprint density at radius 3 is 2.93 bits per heavy atom. The Balaban J connectivity index is 2.31. The van der Waals surface area contributed by atoms with E-state index >= 15 is 0 Å². The molecule has 0 aromatic carbocycles. The fourth-order valence-corrected chi connectivity index (χ4v) is 2.41. The second kappa shape index (κ2) is 7.85. The molecule has 1 heterocycles. The second-order valence-corrected chi connectivity index (χ2v) is 4.49. The van der Waals surface area contributed by atoms with Crippen molar-refractivity contribution in [3.63, 3.8) is 0 Å². The maximum Gasteiger partial charge on any atom is 0.0590 e. The van der Waals surface area contributed by atoms with E-state index in [1.54, 1.807) is 0 Å². The molecule has 0 aliphatic carbocycles. The topological polar surface area (TPSA) is 21.3 Å². The van der Waals surface area contributed by atoms with Crippen molar-refractivity contribution in [1.82, 2.24) is 5.32 Å². The van der Waals surface area contributed by atoms with Crippen molar-refractivity contribution in [3.8, 4) is 0 Å². The lowest BCUT2D eigenvalue weighted by molar-refractivity contribution is 0.146. The molecule has 1 rings (SSSR count). The van der Waals surface area contributed by atoms with Gasteiger partial charge in [-0.25, -0.2) is 0 Å². The zero-order chi connectivity index (χ0) is 10.9. The van der Waals surface area contributed by atoms with E-state index in [2.05, 4.69) is 29.8 Å². The van der Waals surface area contributed by atoms with Gasteiger partial charge in [-0.05, 0) is 24.8 Å². The van der Waals surface area contributed by atoms with E-state index in [0.717, 1.165) is 19.8 Å². The van der Waals surface area contributed by atoms with Crippen LogP contribution in [0.5, 0.6) is 0 Å². The highest BCUT2D eigenvalue weighted by Gasteiger charge is 2.09. The highest BCUT2D eigenvalue weighted by Crippen LogP contribution is 2.22. The van der Waals surface area contributed by atoms with Gasteiger partial charge in [0.25, 0.3) is 0 Å². The van der Waals surface area contributed by atoms with Crippen molar-refractivity contribution in [2.75, 3.05) is 19.8 Å². The van der Waals surface area contributed by atoms with E-state index in [1.165, 1.54) is 17.7 Å². The average Bonchev–Trinajstić information content (AvgIpc) is 2.76. The van der Waals surface area contributed by atoms with E-state index in [1.807, 2.05) is 18.3 Å². The minimum Gasteiger partial charge on any atom is -0.380 e. The number of hydrogen-bond acceptors (Lipinski definition) is 3. The van der Waals surface area contributed by atoms with Gasteiger partial charge in [-0.3, -0.25) is 0 Å². The largest absolute Gasteiger partial charge is 0.380 e. The first-order valence-electron chi connectivity index (χ1n) is 5.73. The summed E-state index contributed by atoms with van der Waals surface area (Å²) in [4.78, 5) is 1.44. The molecule has 15 heavy (non-hydrogen) atoms. The molecule has 1 unspecified atom stereocenters. The summed E-state index contributed by atoms with van der Waals surface area (Å²) in [5.41, 5.74) is 0. The maximum atomic E-state index is 5.32. The molecule has 3 heteroatoms. The third-order valence-electron chi connectivity index (χ3n) is 2.31. The summed E-state index contributed by atoms with van der Waals surface area (Å²) in [6.45, 7) is 6.81. The lowest BCUT2D eigenvalue weighted by Gasteiger charge is -2.16. The van der Waals surface area contributed by atoms with Gasteiger partial charge in [0.05, 0.1) is 6.61 Å². The fraction of sp³-hybridized carbons (Fsp3) is 0.667. The van der Waals surface area contributed by atoms with Gasteiger partial charge in [0.2, 0.25) is 0 Å². The van der Waals surface area contributed by atoms with Gasteiger partial charge in [0, 0.05) is 24.1 Å². The second-order valence-electron chi connectivity index (χ2n) is 3.51. The molecule has 1 aromatic rings. The first-order valence-corrected chi connectivity index (χ1v) is 6.61. The summed E-state index contributed by atoms with van der Waals surface area (Å²) in [6, 6.07) is 4.83. The van der Waals surface area contributed by atoms with Gasteiger partial charge in [-0.15, -0.1) is 11.3 Å². The first-order chi connectivity index (χ1) is 7.38. The van der Waals surface area contributed by atoms with Crippen LogP contribution >= 0.6 is 11.3 Å². The number of thiophene rings is 1. The van der Waals surface area contributed by atoms with Crippen molar-refractivity contribution < 1.29 is 4.74 Å². The van der Waals surface area contributed by atoms with Crippen LogP contribution in [0.2, 0.25) is 0 Å². The quantitative estimate of drug-likeness (QED) is 0.689. The molecule has 0 aliphatic heterocycles. The average molecular weight is 227 g/mol. The molecule has 0 aliphatic rings. The predicted molar refractivity (Wildman–Crippen MR) is 66.5 cm³/mol. The summed E-state index contributed by atoms with van der Waals surface area (Å²) in [5, 5.41) is 5.68. The molecule has 2 nitrogen and oxygen atoms in total. The molecule has 0 radical (unpaired) electrons.